The minimum absolute atomic E-state index is 0.00792. The van der Waals surface area contributed by atoms with Gasteiger partial charge >= 0.3 is 0 Å². The van der Waals surface area contributed by atoms with Crippen molar-refractivity contribution in [2.24, 2.45) is 5.10 Å². The van der Waals surface area contributed by atoms with E-state index in [1.54, 1.807) is 27.7 Å². The van der Waals surface area contributed by atoms with Crippen LogP contribution in [0.5, 0.6) is 0 Å². The average molecular weight is 411 g/mol. The van der Waals surface area contributed by atoms with Gasteiger partial charge in [-0.2, -0.15) is 5.10 Å². The van der Waals surface area contributed by atoms with Gasteiger partial charge in [-0.15, -0.1) is 22.7 Å². The molecule has 2 aliphatic rings. The van der Waals surface area contributed by atoms with Crippen molar-refractivity contribution < 1.29 is 4.79 Å². The minimum atomic E-state index is 0.00792. The first-order valence-electron chi connectivity index (χ1n) is 9.56. The van der Waals surface area contributed by atoms with E-state index in [1.807, 2.05) is 12.1 Å². The number of rotatable bonds is 4. The van der Waals surface area contributed by atoms with Crippen molar-refractivity contribution in [3.8, 4) is 0 Å². The highest BCUT2D eigenvalue weighted by Crippen LogP contribution is 2.36. The fraction of sp³-hybridized carbons (Fsp3) is 0.333. The van der Waals surface area contributed by atoms with Crippen LogP contribution < -0.4 is 0 Å². The maximum atomic E-state index is 13.3. The molecule has 0 saturated carbocycles. The van der Waals surface area contributed by atoms with Gasteiger partial charge in [0.15, 0.2) is 0 Å². The van der Waals surface area contributed by atoms with Crippen molar-refractivity contribution >= 4 is 34.3 Å². The lowest BCUT2D eigenvalue weighted by Gasteiger charge is -2.35. The van der Waals surface area contributed by atoms with Crippen LogP contribution in [0.4, 0.5) is 0 Å². The summed E-state index contributed by atoms with van der Waals surface area (Å²) in [5.74, 6) is 0.0804. The summed E-state index contributed by atoms with van der Waals surface area (Å²) in [6, 6.07) is 12.8. The van der Waals surface area contributed by atoms with Gasteiger partial charge in [-0.3, -0.25) is 9.69 Å². The third-order valence-electron chi connectivity index (χ3n) is 5.65. The number of carbonyl (C=O) groups excluding carboxylic acids is 1. The van der Waals surface area contributed by atoms with E-state index in [1.165, 1.54) is 10.6 Å². The maximum Gasteiger partial charge on any atom is 0.257 e. The smallest absolute Gasteiger partial charge is 0.257 e. The molecule has 3 aromatic heterocycles. The summed E-state index contributed by atoms with van der Waals surface area (Å²) in [6.07, 6.45) is 2.90. The Hall–Kier alpha value is -2.22. The van der Waals surface area contributed by atoms with Crippen LogP contribution in [0.1, 0.15) is 40.9 Å². The van der Waals surface area contributed by atoms with E-state index in [4.69, 9.17) is 5.10 Å². The SMILES string of the molecule is C[C@H]1c2cccn2CCN1CC(=O)N1N=C(c2cccs2)C[C@@H]1c1cccs1. The fourth-order valence-corrected chi connectivity index (χ4v) is 5.66. The second kappa shape index (κ2) is 7.31. The van der Waals surface area contributed by atoms with Crippen molar-refractivity contribution in [3.05, 3.63) is 68.8 Å². The largest absolute Gasteiger partial charge is 0.349 e. The van der Waals surface area contributed by atoms with Crippen LogP contribution in [-0.4, -0.2) is 39.2 Å². The maximum absolute atomic E-state index is 13.3. The van der Waals surface area contributed by atoms with E-state index in [0.29, 0.717) is 6.54 Å². The molecule has 0 aliphatic carbocycles. The number of hydrogen-bond donors (Lipinski definition) is 0. The molecular weight excluding hydrogens is 388 g/mol. The van der Waals surface area contributed by atoms with Crippen LogP contribution in [-0.2, 0) is 11.3 Å². The number of fused-ring (bicyclic) bond motifs is 1. The molecule has 28 heavy (non-hydrogen) atoms. The number of aromatic nitrogens is 1. The molecule has 0 aromatic carbocycles. The van der Waals surface area contributed by atoms with Gasteiger partial charge in [0.25, 0.3) is 5.91 Å². The zero-order chi connectivity index (χ0) is 19.1. The first-order valence-corrected chi connectivity index (χ1v) is 11.3. The Labute approximate surface area is 172 Å². The predicted molar refractivity (Wildman–Crippen MR) is 114 cm³/mol. The summed E-state index contributed by atoms with van der Waals surface area (Å²) in [7, 11) is 0. The van der Waals surface area contributed by atoms with Crippen LogP contribution in [0.25, 0.3) is 0 Å². The molecule has 5 heterocycles. The highest BCUT2D eigenvalue weighted by molar-refractivity contribution is 7.12. The topological polar surface area (TPSA) is 40.8 Å². The van der Waals surface area contributed by atoms with Gasteiger partial charge in [-0.1, -0.05) is 12.1 Å². The Morgan fingerprint density at radius 1 is 1.14 bits per heavy atom. The first kappa shape index (κ1) is 17.8. The molecule has 7 heteroatoms. The van der Waals surface area contributed by atoms with E-state index < -0.39 is 0 Å². The fourth-order valence-electron chi connectivity index (χ4n) is 4.12. The number of hydrogen-bond acceptors (Lipinski definition) is 5. The Morgan fingerprint density at radius 2 is 2.00 bits per heavy atom. The quantitative estimate of drug-likeness (QED) is 0.641. The molecule has 0 unspecified atom stereocenters. The van der Waals surface area contributed by atoms with Crippen LogP contribution in [0, 0.1) is 0 Å². The lowest BCUT2D eigenvalue weighted by molar-refractivity contribution is -0.135. The van der Waals surface area contributed by atoms with Crippen molar-refractivity contribution in [2.75, 3.05) is 13.1 Å². The van der Waals surface area contributed by atoms with Crippen LogP contribution in [0.15, 0.2) is 58.5 Å². The Bertz CT molecular complexity index is 990. The van der Waals surface area contributed by atoms with E-state index in [2.05, 4.69) is 57.6 Å². The number of nitrogens with zero attached hydrogens (tertiary/aromatic N) is 4. The van der Waals surface area contributed by atoms with Crippen molar-refractivity contribution in [2.45, 2.75) is 32.0 Å². The zero-order valence-electron chi connectivity index (χ0n) is 15.7. The van der Waals surface area contributed by atoms with Gasteiger partial charge in [-0.05, 0) is 41.9 Å². The standard InChI is InChI=1S/C21H22N4OS2/c1-15-17-5-2-8-23(17)9-10-24(15)14-21(26)25-18(20-7-4-12-28-20)13-16(22-25)19-6-3-11-27-19/h2-8,11-12,15,18H,9-10,13-14H2,1H3/t15-,18+/m0/s1. The van der Waals surface area contributed by atoms with Crippen molar-refractivity contribution in [3.63, 3.8) is 0 Å². The second-order valence-electron chi connectivity index (χ2n) is 7.27. The molecule has 0 spiro atoms. The van der Waals surface area contributed by atoms with E-state index in [9.17, 15) is 4.79 Å². The molecule has 0 N–H and O–H groups in total. The molecule has 2 aliphatic heterocycles. The highest BCUT2D eigenvalue weighted by Gasteiger charge is 2.35. The summed E-state index contributed by atoms with van der Waals surface area (Å²) in [4.78, 5) is 17.9. The van der Waals surface area contributed by atoms with Crippen LogP contribution in [0.2, 0.25) is 0 Å². The number of hydrazone groups is 1. The molecule has 1 amide bonds. The lowest BCUT2D eigenvalue weighted by atomic mass is 10.1. The monoisotopic (exact) mass is 410 g/mol. The van der Waals surface area contributed by atoms with E-state index in [0.717, 1.165) is 30.1 Å². The molecule has 144 valence electrons. The third-order valence-corrected chi connectivity index (χ3v) is 7.54. The third kappa shape index (κ3) is 3.13. The molecular formula is C21H22N4OS2. The van der Waals surface area contributed by atoms with E-state index >= 15 is 0 Å². The van der Waals surface area contributed by atoms with Gasteiger partial charge < -0.3 is 4.57 Å². The average Bonchev–Trinajstić information content (AvgIpc) is 3.48. The van der Waals surface area contributed by atoms with Gasteiger partial charge in [0.05, 0.1) is 23.2 Å². The summed E-state index contributed by atoms with van der Waals surface area (Å²) >= 11 is 3.38. The van der Waals surface area contributed by atoms with Crippen LogP contribution >= 0.6 is 22.7 Å². The molecule has 5 nitrogen and oxygen atoms in total. The molecule has 0 fully saturated rings. The van der Waals surface area contributed by atoms with Gasteiger partial charge in [-0.25, -0.2) is 5.01 Å². The van der Waals surface area contributed by atoms with Crippen LogP contribution in [0.3, 0.4) is 0 Å². The Morgan fingerprint density at radius 3 is 2.79 bits per heavy atom. The summed E-state index contributed by atoms with van der Waals surface area (Å²) in [5.41, 5.74) is 2.29. The Balaban J connectivity index is 1.38. The minimum Gasteiger partial charge on any atom is -0.349 e. The van der Waals surface area contributed by atoms with Crippen molar-refractivity contribution in [1.29, 1.82) is 0 Å². The van der Waals surface area contributed by atoms with Gasteiger partial charge in [0.1, 0.15) is 0 Å². The summed E-state index contributed by atoms with van der Waals surface area (Å²) < 4.78 is 2.28. The lowest BCUT2D eigenvalue weighted by Crippen LogP contribution is -2.43. The number of amides is 1. The van der Waals surface area contributed by atoms with Crippen molar-refractivity contribution in [1.82, 2.24) is 14.5 Å². The normalized spacial score (nSPS) is 22.3. The molecule has 3 aromatic rings. The van der Waals surface area contributed by atoms with E-state index in [-0.39, 0.29) is 18.0 Å². The molecule has 2 atom stereocenters. The zero-order valence-corrected chi connectivity index (χ0v) is 17.3. The summed E-state index contributed by atoms with van der Waals surface area (Å²) in [5, 5.41) is 10.6. The molecule has 0 bridgehead atoms. The highest BCUT2D eigenvalue weighted by atomic mass is 32.1. The van der Waals surface area contributed by atoms with Gasteiger partial charge in [0.2, 0.25) is 0 Å². The molecule has 0 radical (unpaired) electrons. The molecule has 5 rings (SSSR count). The first-order chi connectivity index (χ1) is 13.7. The molecule has 0 saturated heterocycles. The Kier molecular flexibility index (Phi) is 4.66. The second-order valence-corrected chi connectivity index (χ2v) is 9.20. The number of carbonyl (C=O) groups is 1. The summed E-state index contributed by atoms with van der Waals surface area (Å²) in [6.45, 7) is 4.39. The predicted octanol–water partition coefficient (Wildman–Crippen LogP) is 4.37. The van der Waals surface area contributed by atoms with Gasteiger partial charge in [0, 0.05) is 42.3 Å². The number of thiophene rings is 2.